The summed E-state index contributed by atoms with van der Waals surface area (Å²) in [5, 5.41) is 0. The van der Waals surface area contributed by atoms with Crippen LogP contribution in [0.3, 0.4) is 0 Å². The van der Waals surface area contributed by atoms with Crippen molar-refractivity contribution in [2.75, 3.05) is 12.8 Å². The first-order chi connectivity index (χ1) is 8.70. The van der Waals surface area contributed by atoms with E-state index in [0.29, 0.717) is 17.7 Å². The van der Waals surface area contributed by atoms with Crippen LogP contribution in [0.25, 0.3) is 0 Å². The molecule has 0 fully saturated rings. The van der Waals surface area contributed by atoms with Gasteiger partial charge in [-0.2, -0.15) is 0 Å². The number of hydrogen-bond acceptors (Lipinski definition) is 3. The van der Waals surface area contributed by atoms with Crippen molar-refractivity contribution in [3.05, 3.63) is 59.7 Å². The zero-order valence-corrected chi connectivity index (χ0v) is 10.2. The first kappa shape index (κ1) is 12.2. The predicted octanol–water partition coefficient (Wildman–Crippen LogP) is 2.70. The minimum absolute atomic E-state index is 0.0551. The lowest BCUT2D eigenvalue weighted by molar-refractivity contribution is 0.0992. The minimum Gasteiger partial charge on any atom is -0.496 e. The summed E-state index contributed by atoms with van der Waals surface area (Å²) >= 11 is 0. The molecule has 3 heteroatoms. The molecule has 0 atom stereocenters. The summed E-state index contributed by atoms with van der Waals surface area (Å²) in [6.45, 7) is 0. The normalized spacial score (nSPS) is 10.1. The fraction of sp³-hybridized carbons (Fsp3) is 0.133. The van der Waals surface area contributed by atoms with E-state index in [9.17, 15) is 4.79 Å². The van der Waals surface area contributed by atoms with Gasteiger partial charge in [-0.15, -0.1) is 0 Å². The summed E-state index contributed by atoms with van der Waals surface area (Å²) in [7, 11) is 1.60. The zero-order valence-electron chi connectivity index (χ0n) is 10.2. The number of methoxy groups -OCH3 is 1. The van der Waals surface area contributed by atoms with Crippen LogP contribution in [0, 0.1) is 0 Å². The number of Topliss-reactive ketones (excluding diaryl/α,β-unsaturated/α-hetero) is 1. The van der Waals surface area contributed by atoms with E-state index in [1.165, 1.54) is 0 Å². The van der Waals surface area contributed by atoms with Gasteiger partial charge in [-0.3, -0.25) is 4.79 Å². The monoisotopic (exact) mass is 241 g/mol. The fourth-order valence-electron chi connectivity index (χ4n) is 1.79. The topological polar surface area (TPSA) is 52.3 Å². The number of benzene rings is 2. The summed E-state index contributed by atoms with van der Waals surface area (Å²) in [6, 6.07) is 14.5. The molecule has 92 valence electrons. The van der Waals surface area contributed by atoms with Crippen LogP contribution in [-0.2, 0) is 6.42 Å². The van der Waals surface area contributed by atoms with Crippen LogP contribution >= 0.6 is 0 Å². The second-order valence-corrected chi connectivity index (χ2v) is 4.03. The van der Waals surface area contributed by atoms with Crippen LogP contribution in [-0.4, -0.2) is 12.9 Å². The predicted molar refractivity (Wildman–Crippen MR) is 71.9 cm³/mol. The van der Waals surface area contributed by atoms with Crippen molar-refractivity contribution < 1.29 is 9.53 Å². The van der Waals surface area contributed by atoms with Crippen molar-refractivity contribution >= 4 is 11.5 Å². The Bertz CT molecular complexity index is 547. The first-order valence-corrected chi connectivity index (χ1v) is 5.71. The summed E-state index contributed by atoms with van der Waals surface area (Å²) in [4.78, 5) is 12.1. The molecule has 0 saturated carbocycles. The number of ether oxygens (including phenoxy) is 1. The Morgan fingerprint density at radius 2 is 1.78 bits per heavy atom. The van der Waals surface area contributed by atoms with Crippen LogP contribution in [0.4, 0.5) is 5.69 Å². The number of carbonyl (C=O) groups is 1. The van der Waals surface area contributed by atoms with E-state index >= 15 is 0 Å². The van der Waals surface area contributed by atoms with Crippen LogP contribution in [0.15, 0.2) is 48.5 Å². The number of hydrogen-bond donors (Lipinski definition) is 1. The fourth-order valence-corrected chi connectivity index (χ4v) is 1.79. The molecule has 0 amide bonds. The van der Waals surface area contributed by atoms with E-state index in [-0.39, 0.29) is 5.78 Å². The molecule has 2 aromatic rings. The highest BCUT2D eigenvalue weighted by Gasteiger charge is 2.10. The molecule has 0 aliphatic rings. The Kier molecular flexibility index (Phi) is 3.63. The highest BCUT2D eigenvalue weighted by atomic mass is 16.5. The summed E-state index contributed by atoms with van der Waals surface area (Å²) in [5.41, 5.74) is 7.80. The number of para-hydroxylation sites is 1. The highest BCUT2D eigenvalue weighted by Crippen LogP contribution is 2.19. The molecule has 0 aliphatic carbocycles. The third-order valence-electron chi connectivity index (χ3n) is 2.78. The number of nitrogens with two attached hydrogens (primary N) is 1. The Balaban J connectivity index is 2.18. The molecule has 0 spiro atoms. The van der Waals surface area contributed by atoms with E-state index in [4.69, 9.17) is 10.5 Å². The molecule has 0 aliphatic heterocycles. The molecule has 0 heterocycles. The van der Waals surface area contributed by atoms with Gasteiger partial charge in [0.1, 0.15) is 5.75 Å². The lowest BCUT2D eigenvalue weighted by Crippen LogP contribution is -2.05. The molecule has 0 aromatic heterocycles. The number of nitrogen functional groups attached to an aromatic ring is 1. The van der Waals surface area contributed by atoms with Gasteiger partial charge in [0.15, 0.2) is 5.78 Å². The molecule has 0 unspecified atom stereocenters. The number of rotatable bonds is 4. The third kappa shape index (κ3) is 2.69. The maximum absolute atomic E-state index is 12.1. The van der Waals surface area contributed by atoms with E-state index in [1.807, 2.05) is 24.3 Å². The molecule has 2 rings (SSSR count). The van der Waals surface area contributed by atoms with Gasteiger partial charge < -0.3 is 10.5 Å². The Labute approximate surface area is 106 Å². The third-order valence-corrected chi connectivity index (χ3v) is 2.78. The molecule has 18 heavy (non-hydrogen) atoms. The highest BCUT2D eigenvalue weighted by molar-refractivity contribution is 5.98. The molecule has 0 radical (unpaired) electrons. The van der Waals surface area contributed by atoms with Crippen molar-refractivity contribution in [3.63, 3.8) is 0 Å². The lowest BCUT2D eigenvalue weighted by atomic mass is 10.0. The quantitative estimate of drug-likeness (QED) is 0.661. The molecule has 3 nitrogen and oxygen atoms in total. The number of ketones is 1. The van der Waals surface area contributed by atoms with Crippen LogP contribution < -0.4 is 10.5 Å². The van der Waals surface area contributed by atoms with Crippen LogP contribution in [0.2, 0.25) is 0 Å². The van der Waals surface area contributed by atoms with Crippen LogP contribution in [0.5, 0.6) is 5.75 Å². The van der Waals surface area contributed by atoms with Crippen LogP contribution in [0.1, 0.15) is 15.9 Å². The molecule has 0 saturated heterocycles. The molecular weight excluding hydrogens is 226 g/mol. The van der Waals surface area contributed by atoms with Gasteiger partial charge in [0.05, 0.1) is 7.11 Å². The maximum Gasteiger partial charge on any atom is 0.167 e. The van der Waals surface area contributed by atoms with Gasteiger partial charge in [0.2, 0.25) is 0 Å². The van der Waals surface area contributed by atoms with E-state index in [0.717, 1.165) is 11.3 Å². The minimum atomic E-state index is 0.0551. The average molecular weight is 241 g/mol. The number of anilines is 1. The van der Waals surface area contributed by atoms with E-state index in [2.05, 4.69) is 0 Å². The average Bonchev–Trinajstić information content (AvgIpc) is 2.40. The van der Waals surface area contributed by atoms with E-state index in [1.54, 1.807) is 31.4 Å². The van der Waals surface area contributed by atoms with Gasteiger partial charge >= 0.3 is 0 Å². The van der Waals surface area contributed by atoms with Gasteiger partial charge in [-0.25, -0.2) is 0 Å². The molecule has 2 N–H and O–H groups in total. The Morgan fingerprint density at radius 3 is 2.44 bits per heavy atom. The molecule has 2 aromatic carbocycles. The summed E-state index contributed by atoms with van der Waals surface area (Å²) in [5.74, 6) is 0.792. The zero-order chi connectivity index (χ0) is 13.0. The van der Waals surface area contributed by atoms with Gasteiger partial charge in [0, 0.05) is 23.2 Å². The first-order valence-electron chi connectivity index (χ1n) is 5.71. The van der Waals surface area contributed by atoms with Crippen molar-refractivity contribution in [1.82, 2.24) is 0 Å². The van der Waals surface area contributed by atoms with Crippen molar-refractivity contribution in [3.8, 4) is 5.75 Å². The molecular formula is C15H15NO2. The summed E-state index contributed by atoms with van der Waals surface area (Å²) in [6.07, 6.45) is 0.327. The van der Waals surface area contributed by atoms with Crippen molar-refractivity contribution in [1.29, 1.82) is 0 Å². The number of carbonyl (C=O) groups excluding carboxylic acids is 1. The Hall–Kier alpha value is -2.29. The Morgan fingerprint density at radius 1 is 1.11 bits per heavy atom. The SMILES string of the molecule is COc1ccccc1CC(=O)c1ccc(N)cc1. The molecule has 0 bridgehead atoms. The summed E-state index contributed by atoms with van der Waals surface area (Å²) < 4.78 is 5.23. The van der Waals surface area contributed by atoms with Crippen molar-refractivity contribution in [2.45, 2.75) is 6.42 Å². The van der Waals surface area contributed by atoms with Gasteiger partial charge in [-0.1, -0.05) is 18.2 Å². The van der Waals surface area contributed by atoms with Gasteiger partial charge in [0.25, 0.3) is 0 Å². The smallest absolute Gasteiger partial charge is 0.167 e. The second kappa shape index (κ2) is 5.36. The van der Waals surface area contributed by atoms with Crippen molar-refractivity contribution in [2.24, 2.45) is 0 Å². The van der Waals surface area contributed by atoms with E-state index < -0.39 is 0 Å². The second-order valence-electron chi connectivity index (χ2n) is 4.03. The van der Waals surface area contributed by atoms with Gasteiger partial charge in [-0.05, 0) is 30.3 Å². The lowest BCUT2D eigenvalue weighted by Gasteiger charge is -2.07. The maximum atomic E-state index is 12.1. The largest absolute Gasteiger partial charge is 0.496 e. The standard InChI is InChI=1S/C15H15NO2/c1-18-15-5-3-2-4-12(15)10-14(17)11-6-8-13(16)9-7-11/h2-9H,10,16H2,1H3.